The van der Waals surface area contributed by atoms with Crippen LogP contribution in [0.3, 0.4) is 0 Å². The van der Waals surface area contributed by atoms with Gasteiger partial charge in [0.25, 0.3) is 0 Å². The Morgan fingerprint density at radius 3 is 2.39 bits per heavy atom. The summed E-state index contributed by atoms with van der Waals surface area (Å²) in [7, 11) is 1.14. The minimum absolute atomic E-state index is 0.146. The second-order valence-corrected chi connectivity index (χ2v) is 6.43. The molecule has 0 saturated carbocycles. The number of ether oxygens (including phenoxy) is 1. The number of ketones is 1. The van der Waals surface area contributed by atoms with Gasteiger partial charge in [-0.3, -0.25) is 9.59 Å². The van der Waals surface area contributed by atoms with Crippen molar-refractivity contribution in [3.05, 3.63) is 59.2 Å². The third kappa shape index (κ3) is 4.80. The van der Waals surface area contributed by atoms with Gasteiger partial charge in [0, 0.05) is 12.0 Å². The average molecular weight is 385 g/mol. The van der Waals surface area contributed by atoms with Gasteiger partial charge in [-0.1, -0.05) is 31.5 Å². The molecule has 0 radical (unpaired) electrons. The van der Waals surface area contributed by atoms with Gasteiger partial charge in [-0.2, -0.15) is 5.26 Å². The van der Waals surface area contributed by atoms with Crippen molar-refractivity contribution in [3.8, 4) is 17.2 Å². The van der Waals surface area contributed by atoms with Gasteiger partial charge < -0.3 is 4.74 Å². The van der Waals surface area contributed by atoms with Gasteiger partial charge in [-0.15, -0.1) is 0 Å². The number of carbonyl (C=O) groups is 2. The second-order valence-electron chi connectivity index (χ2n) is 6.43. The number of methoxy groups -OCH3 is 1. The summed E-state index contributed by atoms with van der Waals surface area (Å²) >= 11 is 0. The van der Waals surface area contributed by atoms with Crippen LogP contribution in [0.1, 0.15) is 37.3 Å². The Balaban J connectivity index is 2.39. The molecule has 0 aliphatic rings. The fraction of sp³-hybridized carbons (Fsp3) is 0.318. The van der Waals surface area contributed by atoms with E-state index in [1.54, 1.807) is 24.3 Å². The number of rotatable bonds is 8. The molecule has 2 aromatic rings. The maximum atomic E-state index is 14.7. The summed E-state index contributed by atoms with van der Waals surface area (Å²) in [4.78, 5) is 24.3. The van der Waals surface area contributed by atoms with Crippen molar-refractivity contribution in [2.24, 2.45) is 5.92 Å². The quantitative estimate of drug-likeness (QED) is 0.492. The molecule has 0 aliphatic carbocycles. The van der Waals surface area contributed by atoms with Gasteiger partial charge in [0.15, 0.2) is 0 Å². The van der Waals surface area contributed by atoms with Gasteiger partial charge in [-0.05, 0) is 42.2 Å². The van der Waals surface area contributed by atoms with E-state index in [1.807, 2.05) is 13.0 Å². The number of unbranched alkanes of at least 4 members (excludes halogenated alkanes) is 1. The smallest absolute Gasteiger partial charge is 0.316 e. The summed E-state index contributed by atoms with van der Waals surface area (Å²) < 4.78 is 34.0. The van der Waals surface area contributed by atoms with Gasteiger partial charge in [-0.25, -0.2) is 8.78 Å². The zero-order chi connectivity index (χ0) is 20.7. The van der Waals surface area contributed by atoms with Crippen LogP contribution in [0.4, 0.5) is 8.78 Å². The van der Waals surface area contributed by atoms with E-state index in [9.17, 15) is 23.6 Å². The summed E-state index contributed by atoms with van der Waals surface area (Å²) in [5.74, 6) is -4.21. The van der Waals surface area contributed by atoms with Gasteiger partial charge in [0.1, 0.15) is 23.3 Å². The van der Waals surface area contributed by atoms with Gasteiger partial charge >= 0.3 is 5.97 Å². The van der Waals surface area contributed by atoms with E-state index in [0.717, 1.165) is 25.7 Å². The average Bonchev–Trinajstić information content (AvgIpc) is 2.70. The third-order valence-corrected chi connectivity index (χ3v) is 4.56. The van der Waals surface area contributed by atoms with Crippen molar-refractivity contribution >= 4 is 11.8 Å². The predicted octanol–water partition coefficient (Wildman–Crippen LogP) is 4.59. The molecular weight excluding hydrogens is 364 g/mol. The number of nitrogens with zero attached hydrogens (tertiary/aromatic N) is 1. The second kappa shape index (κ2) is 9.75. The van der Waals surface area contributed by atoms with Crippen molar-refractivity contribution < 1.29 is 23.1 Å². The minimum atomic E-state index is -1.25. The van der Waals surface area contributed by atoms with Crippen LogP contribution in [-0.2, 0) is 20.7 Å². The van der Waals surface area contributed by atoms with Gasteiger partial charge in [0.05, 0.1) is 18.7 Å². The van der Waals surface area contributed by atoms with Crippen molar-refractivity contribution in [1.29, 1.82) is 5.26 Å². The molecule has 0 amide bonds. The van der Waals surface area contributed by atoms with Crippen molar-refractivity contribution in [2.75, 3.05) is 7.11 Å². The van der Waals surface area contributed by atoms with E-state index in [1.165, 1.54) is 0 Å². The molecule has 0 fully saturated rings. The Bertz CT molecular complexity index is 895. The largest absolute Gasteiger partial charge is 0.468 e. The Hall–Kier alpha value is -3.07. The number of hydrogen-bond acceptors (Lipinski definition) is 4. The highest BCUT2D eigenvalue weighted by molar-refractivity contribution is 5.99. The van der Waals surface area contributed by atoms with Crippen LogP contribution in [0, 0.1) is 28.9 Å². The first-order valence-electron chi connectivity index (χ1n) is 9.00. The number of nitriles is 1. The first kappa shape index (κ1) is 21.2. The van der Waals surface area contributed by atoms with Crippen LogP contribution in [0.25, 0.3) is 11.1 Å². The van der Waals surface area contributed by atoms with Crippen LogP contribution >= 0.6 is 0 Å². The molecule has 2 rings (SSSR count). The lowest BCUT2D eigenvalue weighted by Gasteiger charge is -2.15. The predicted molar refractivity (Wildman–Crippen MR) is 100 cm³/mol. The van der Waals surface area contributed by atoms with Crippen LogP contribution in [0.15, 0.2) is 36.4 Å². The van der Waals surface area contributed by atoms with E-state index in [4.69, 9.17) is 0 Å². The van der Waals surface area contributed by atoms with Crippen LogP contribution in [-0.4, -0.2) is 18.9 Å². The third-order valence-electron chi connectivity index (χ3n) is 4.56. The van der Waals surface area contributed by atoms with Crippen molar-refractivity contribution in [1.82, 2.24) is 0 Å². The molecule has 0 aromatic heterocycles. The molecule has 0 spiro atoms. The number of benzene rings is 2. The lowest BCUT2D eigenvalue weighted by Crippen LogP contribution is -2.28. The van der Waals surface area contributed by atoms with E-state index in [0.29, 0.717) is 12.0 Å². The lowest BCUT2D eigenvalue weighted by molar-refractivity contribution is -0.149. The highest BCUT2D eigenvalue weighted by Gasteiger charge is 2.29. The molecule has 0 heterocycles. The maximum Gasteiger partial charge on any atom is 0.316 e. The first-order valence-corrected chi connectivity index (χ1v) is 9.00. The maximum absolute atomic E-state index is 14.7. The summed E-state index contributed by atoms with van der Waals surface area (Å²) in [6.45, 7) is 1.90. The summed E-state index contributed by atoms with van der Waals surface area (Å²) in [6.07, 6.45) is 1.08. The van der Waals surface area contributed by atoms with E-state index in [2.05, 4.69) is 4.74 Å². The highest BCUT2D eigenvalue weighted by Crippen LogP contribution is 2.29. The lowest BCUT2D eigenvalue weighted by atomic mass is 9.90. The number of carbonyl (C=O) groups excluding carboxylic acids is 2. The molecule has 1 atom stereocenters. The van der Waals surface area contributed by atoms with Crippen molar-refractivity contribution in [2.45, 2.75) is 32.6 Å². The summed E-state index contributed by atoms with van der Waals surface area (Å²) in [5, 5.41) is 9.19. The summed E-state index contributed by atoms with van der Waals surface area (Å²) in [6, 6.07) is 10.7. The van der Waals surface area contributed by atoms with Crippen LogP contribution in [0.5, 0.6) is 0 Å². The molecule has 0 saturated heterocycles. The van der Waals surface area contributed by atoms with Crippen LogP contribution < -0.4 is 0 Å². The molecule has 4 nitrogen and oxygen atoms in total. The number of Topliss-reactive ketones (excluding diaryl/α,β-unsaturated/α-hetero) is 1. The Morgan fingerprint density at radius 2 is 1.82 bits per heavy atom. The molecule has 28 heavy (non-hydrogen) atoms. The first-order chi connectivity index (χ1) is 13.4. The zero-order valence-electron chi connectivity index (χ0n) is 15.8. The topological polar surface area (TPSA) is 67.2 Å². The molecule has 146 valence electrons. The molecular formula is C22H21F2NO3. The standard InChI is InChI=1S/C22H21F2NO3/c1-3-4-9-21(26)18(22(27)28-2)12-17-19(23)10-15(11-20(17)24)16-8-6-5-7-14(16)13-25/h5-8,10-11,18H,3-4,9,12H2,1-2H3. The monoisotopic (exact) mass is 385 g/mol. The molecule has 1 unspecified atom stereocenters. The highest BCUT2D eigenvalue weighted by atomic mass is 19.1. The molecule has 0 aliphatic heterocycles. The molecule has 6 heteroatoms. The van der Waals surface area contributed by atoms with E-state index < -0.39 is 35.7 Å². The van der Waals surface area contributed by atoms with Crippen LogP contribution in [0.2, 0.25) is 0 Å². The fourth-order valence-electron chi connectivity index (χ4n) is 2.99. The molecule has 2 aromatic carbocycles. The minimum Gasteiger partial charge on any atom is -0.468 e. The van der Waals surface area contributed by atoms with E-state index >= 15 is 0 Å². The Kier molecular flexibility index (Phi) is 7.39. The fourth-order valence-corrected chi connectivity index (χ4v) is 2.99. The SMILES string of the molecule is CCCCC(=O)C(Cc1c(F)cc(-c2ccccc2C#N)cc1F)C(=O)OC. The molecule has 0 N–H and O–H groups in total. The molecule has 0 bridgehead atoms. The van der Waals surface area contributed by atoms with E-state index in [-0.39, 0.29) is 23.1 Å². The van der Waals surface area contributed by atoms with Gasteiger partial charge in [0.2, 0.25) is 0 Å². The Morgan fingerprint density at radius 1 is 1.18 bits per heavy atom. The number of esters is 1. The normalized spacial score (nSPS) is 11.5. The summed E-state index contributed by atoms with van der Waals surface area (Å²) in [5.41, 5.74) is 0.551. The number of hydrogen-bond donors (Lipinski definition) is 0. The Labute approximate surface area is 162 Å². The van der Waals surface area contributed by atoms with Crippen molar-refractivity contribution in [3.63, 3.8) is 0 Å². The number of halogens is 2. The zero-order valence-corrected chi connectivity index (χ0v) is 15.8.